The molecular formula is C7H15NO. The van der Waals surface area contributed by atoms with Gasteiger partial charge in [-0.15, -0.1) is 0 Å². The van der Waals surface area contributed by atoms with Gasteiger partial charge in [0.1, 0.15) is 5.72 Å². The van der Waals surface area contributed by atoms with Crippen LogP contribution >= 0.6 is 0 Å². The van der Waals surface area contributed by atoms with E-state index in [-0.39, 0.29) is 5.72 Å². The third kappa shape index (κ3) is 1.25. The van der Waals surface area contributed by atoms with Crippen molar-refractivity contribution in [2.75, 3.05) is 6.61 Å². The summed E-state index contributed by atoms with van der Waals surface area (Å²) in [7, 11) is 0. The lowest BCUT2D eigenvalue weighted by molar-refractivity contribution is -0.0276. The van der Waals surface area contributed by atoms with Gasteiger partial charge in [-0.2, -0.15) is 0 Å². The molecule has 0 saturated carbocycles. The average Bonchev–Trinajstić information content (AvgIpc) is 2.16. The van der Waals surface area contributed by atoms with Crippen molar-refractivity contribution in [3.63, 3.8) is 0 Å². The molecule has 0 amide bonds. The molecule has 9 heavy (non-hydrogen) atoms. The summed E-state index contributed by atoms with van der Waals surface area (Å²) in [5.74, 6) is 0.444. The molecule has 0 aromatic heterocycles. The first kappa shape index (κ1) is 7.03. The van der Waals surface area contributed by atoms with Crippen LogP contribution in [0.15, 0.2) is 0 Å². The van der Waals surface area contributed by atoms with E-state index in [1.54, 1.807) is 0 Å². The van der Waals surface area contributed by atoms with Gasteiger partial charge in [0.15, 0.2) is 0 Å². The minimum atomic E-state index is -0.306. The fourth-order valence-electron chi connectivity index (χ4n) is 1.14. The molecule has 1 aliphatic rings. The molecule has 2 nitrogen and oxygen atoms in total. The van der Waals surface area contributed by atoms with E-state index in [4.69, 9.17) is 10.5 Å². The topological polar surface area (TPSA) is 35.2 Å². The lowest BCUT2D eigenvalue weighted by Crippen LogP contribution is -2.43. The van der Waals surface area contributed by atoms with Crippen molar-refractivity contribution >= 4 is 0 Å². The van der Waals surface area contributed by atoms with Crippen LogP contribution in [0.4, 0.5) is 0 Å². The van der Waals surface area contributed by atoms with Crippen LogP contribution in [0.2, 0.25) is 0 Å². The van der Waals surface area contributed by atoms with Crippen molar-refractivity contribution in [2.24, 2.45) is 11.7 Å². The zero-order valence-corrected chi connectivity index (χ0v) is 6.18. The molecule has 54 valence electrons. The molecule has 0 bridgehead atoms. The molecule has 2 N–H and O–H groups in total. The Balaban J connectivity index is 2.51. The van der Waals surface area contributed by atoms with E-state index in [9.17, 15) is 0 Å². The Hall–Kier alpha value is -0.0800. The lowest BCUT2D eigenvalue weighted by atomic mass is 9.98. The van der Waals surface area contributed by atoms with Gasteiger partial charge in [-0.3, -0.25) is 0 Å². The molecule has 0 aromatic rings. The normalized spacial score (nSPS) is 36.0. The standard InChI is InChI=1S/C7H15NO/c1-6(2)7(8)4-3-5-9-7/h6H,3-5,8H2,1-2H3. The number of hydrogen-bond acceptors (Lipinski definition) is 2. The molecule has 1 heterocycles. The molecule has 1 unspecified atom stereocenters. The molecule has 0 aliphatic carbocycles. The fourth-order valence-corrected chi connectivity index (χ4v) is 1.14. The van der Waals surface area contributed by atoms with E-state index in [0.717, 1.165) is 19.4 Å². The molecule has 1 rings (SSSR count). The van der Waals surface area contributed by atoms with Crippen LogP contribution < -0.4 is 5.73 Å². The zero-order chi connectivity index (χ0) is 6.91. The second-order valence-electron chi connectivity index (χ2n) is 3.06. The van der Waals surface area contributed by atoms with Crippen molar-refractivity contribution in [1.82, 2.24) is 0 Å². The summed E-state index contributed by atoms with van der Waals surface area (Å²) in [5, 5.41) is 0. The third-order valence-electron chi connectivity index (χ3n) is 2.06. The number of ether oxygens (including phenoxy) is 1. The quantitative estimate of drug-likeness (QED) is 0.575. The van der Waals surface area contributed by atoms with Gasteiger partial charge >= 0.3 is 0 Å². The van der Waals surface area contributed by atoms with Crippen LogP contribution in [0.1, 0.15) is 26.7 Å². The van der Waals surface area contributed by atoms with Crippen molar-refractivity contribution in [1.29, 1.82) is 0 Å². The summed E-state index contributed by atoms with van der Waals surface area (Å²) >= 11 is 0. The highest BCUT2D eigenvalue weighted by Gasteiger charge is 2.33. The molecule has 1 saturated heterocycles. The zero-order valence-electron chi connectivity index (χ0n) is 6.18. The Labute approximate surface area is 56.4 Å². The number of rotatable bonds is 1. The van der Waals surface area contributed by atoms with Gasteiger partial charge in [0.25, 0.3) is 0 Å². The van der Waals surface area contributed by atoms with Crippen molar-refractivity contribution < 1.29 is 4.74 Å². The van der Waals surface area contributed by atoms with Crippen molar-refractivity contribution in [3.8, 4) is 0 Å². The SMILES string of the molecule is CC(C)C1(N)CCCO1. The van der Waals surface area contributed by atoms with E-state index in [1.165, 1.54) is 0 Å². The van der Waals surface area contributed by atoms with Crippen LogP contribution in [0.3, 0.4) is 0 Å². The first-order valence-corrected chi connectivity index (χ1v) is 3.58. The molecule has 0 radical (unpaired) electrons. The van der Waals surface area contributed by atoms with E-state index >= 15 is 0 Å². The highest BCUT2D eigenvalue weighted by Crippen LogP contribution is 2.26. The van der Waals surface area contributed by atoms with Crippen LogP contribution in [0, 0.1) is 5.92 Å². The van der Waals surface area contributed by atoms with Crippen LogP contribution in [0.25, 0.3) is 0 Å². The molecular weight excluding hydrogens is 114 g/mol. The largest absolute Gasteiger partial charge is 0.361 e. The summed E-state index contributed by atoms with van der Waals surface area (Å²) in [4.78, 5) is 0. The van der Waals surface area contributed by atoms with Gasteiger partial charge in [0, 0.05) is 6.61 Å². The summed E-state index contributed by atoms with van der Waals surface area (Å²) in [6.07, 6.45) is 2.14. The van der Waals surface area contributed by atoms with Gasteiger partial charge in [-0.25, -0.2) is 0 Å². The number of nitrogens with two attached hydrogens (primary N) is 1. The van der Waals surface area contributed by atoms with Crippen LogP contribution in [-0.4, -0.2) is 12.3 Å². The predicted molar refractivity (Wildman–Crippen MR) is 36.9 cm³/mol. The third-order valence-corrected chi connectivity index (χ3v) is 2.06. The first-order valence-electron chi connectivity index (χ1n) is 3.58. The van der Waals surface area contributed by atoms with Gasteiger partial charge < -0.3 is 10.5 Å². The maximum atomic E-state index is 5.88. The van der Waals surface area contributed by atoms with Crippen LogP contribution in [-0.2, 0) is 4.74 Å². The summed E-state index contributed by atoms with van der Waals surface area (Å²) < 4.78 is 5.38. The van der Waals surface area contributed by atoms with Gasteiger partial charge in [-0.1, -0.05) is 13.8 Å². The van der Waals surface area contributed by atoms with Crippen LogP contribution in [0.5, 0.6) is 0 Å². The highest BCUT2D eigenvalue weighted by atomic mass is 16.5. The molecule has 1 atom stereocenters. The minimum absolute atomic E-state index is 0.306. The highest BCUT2D eigenvalue weighted by molar-refractivity contribution is 4.81. The van der Waals surface area contributed by atoms with E-state index in [0.29, 0.717) is 5.92 Å². The maximum Gasteiger partial charge on any atom is 0.119 e. The van der Waals surface area contributed by atoms with E-state index < -0.39 is 0 Å². The second-order valence-corrected chi connectivity index (χ2v) is 3.06. The molecule has 1 aliphatic heterocycles. The Kier molecular flexibility index (Phi) is 1.78. The molecule has 1 fully saturated rings. The summed E-state index contributed by atoms with van der Waals surface area (Å²) in [6, 6.07) is 0. The fraction of sp³-hybridized carbons (Fsp3) is 1.00. The smallest absolute Gasteiger partial charge is 0.119 e. The average molecular weight is 129 g/mol. The summed E-state index contributed by atoms with van der Waals surface area (Å²) in [5.41, 5.74) is 5.57. The van der Waals surface area contributed by atoms with Gasteiger partial charge in [-0.05, 0) is 18.8 Å². The monoisotopic (exact) mass is 129 g/mol. The van der Waals surface area contributed by atoms with E-state index in [1.807, 2.05) is 0 Å². The Morgan fingerprint density at radius 3 is 2.44 bits per heavy atom. The van der Waals surface area contributed by atoms with Crippen molar-refractivity contribution in [2.45, 2.75) is 32.4 Å². The Morgan fingerprint density at radius 2 is 2.22 bits per heavy atom. The Morgan fingerprint density at radius 1 is 1.56 bits per heavy atom. The predicted octanol–water partition coefficient (Wildman–Crippen LogP) is 1.11. The van der Waals surface area contributed by atoms with Gasteiger partial charge in [0.05, 0.1) is 0 Å². The van der Waals surface area contributed by atoms with E-state index in [2.05, 4.69) is 13.8 Å². The first-order chi connectivity index (χ1) is 4.15. The maximum absolute atomic E-state index is 5.88. The number of hydrogen-bond donors (Lipinski definition) is 1. The minimum Gasteiger partial charge on any atom is -0.361 e. The lowest BCUT2D eigenvalue weighted by Gasteiger charge is -2.27. The Bertz CT molecular complexity index is 95.1. The summed E-state index contributed by atoms with van der Waals surface area (Å²) in [6.45, 7) is 5.05. The molecule has 0 spiro atoms. The second kappa shape index (κ2) is 2.27. The van der Waals surface area contributed by atoms with Crippen molar-refractivity contribution in [3.05, 3.63) is 0 Å². The molecule has 2 heteroatoms. The molecule has 0 aromatic carbocycles. The van der Waals surface area contributed by atoms with Gasteiger partial charge in [0.2, 0.25) is 0 Å².